The van der Waals surface area contributed by atoms with Crippen molar-refractivity contribution in [3.63, 3.8) is 0 Å². The molecule has 0 aromatic heterocycles. The number of carboxylic acid groups (broad SMARTS) is 1. The number of aliphatic carboxylic acids is 1. The Morgan fingerprint density at radius 3 is 2.31 bits per heavy atom. The number of nitrogens with two attached hydrogens (primary N) is 1. The fourth-order valence-electron chi connectivity index (χ4n) is 1.96. The number of carboxylic acids is 1. The van der Waals surface area contributed by atoms with E-state index in [9.17, 15) is 9.59 Å². The molecular formula is C11H20N2O3. The molecule has 1 aliphatic rings. The van der Waals surface area contributed by atoms with Gasteiger partial charge in [0.15, 0.2) is 0 Å². The van der Waals surface area contributed by atoms with E-state index in [4.69, 9.17) is 10.8 Å². The van der Waals surface area contributed by atoms with Gasteiger partial charge in [-0.15, -0.1) is 0 Å². The summed E-state index contributed by atoms with van der Waals surface area (Å²) < 4.78 is 0. The summed E-state index contributed by atoms with van der Waals surface area (Å²) in [6.45, 7) is 6.41. The van der Waals surface area contributed by atoms with Crippen molar-refractivity contribution in [2.45, 2.75) is 26.8 Å². The number of carbonyl (C=O) groups is 2. The Morgan fingerprint density at radius 1 is 1.38 bits per heavy atom. The lowest BCUT2D eigenvalue weighted by Gasteiger charge is -2.22. The van der Waals surface area contributed by atoms with Gasteiger partial charge in [0.1, 0.15) is 0 Å². The van der Waals surface area contributed by atoms with Gasteiger partial charge in [-0.05, 0) is 11.8 Å². The first-order valence-electron chi connectivity index (χ1n) is 5.61. The van der Waals surface area contributed by atoms with Crippen molar-refractivity contribution < 1.29 is 14.7 Å². The Labute approximate surface area is 95.6 Å². The fourth-order valence-corrected chi connectivity index (χ4v) is 1.96. The van der Waals surface area contributed by atoms with Crippen LogP contribution in [0.25, 0.3) is 0 Å². The van der Waals surface area contributed by atoms with Crippen LogP contribution in [0.1, 0.15) is 20.8 Å². The highest BCUT2D eigenvalue weighted by Gasteiger charge is 2.38. The topological polar surface area (TPSA) is 83.6 Å². The van der Waals surface area contributed by atoms with E-state index in [1.165, 1.54) is 0 Å². The van der Waals surface area contributed by atoms with Crippen molar-refractivity contribution in [2.75, 3.05) is 13.1 Å². The van der Waals surface area contributed by atoms with E-state index in [1.54, 1.807) is 4.90 Å². The van der Waals surface area contributed by atoms with E-state index in [2.05, 4.69) is 0 Å². The lowest BCUT2D eigenvalue weighted by atomic mass is 9.99. The van der Waals surface area contributed by atoms with Crippen LogP contribution in [-0.2, 0) is 9.59 Å². The van der Waals surface area contributed by atoms with E-state index >= 15 is 0 Å². The zero-order valence-corrected chi connectivity index (χ0v) is 10.0. The summed E-state index contributed by atoms with van der Waals surface area (Å²) in [5.74, 6) is -1.35. The molecule has 16 heavy (non-hydrogen) atoms. The number of rotatable bonds is 3. The van der Waals surface area contributed by atoms with Gasteiger partial charge in [-0.25, -0.2) is 0 Å². The third kappa shape index (κ3) is 2.52. The Bertz CT molecular complexity index is 291. The molecule has 92 valence electrons. The summed E-state index contributed by atoms with van der Waals surface area (Å²) in [5, 5.41) is 8.96. The highest BCUT2D eigenvalue weighted by atomic mass is 16.4. The molecule has 3 N–H and O–H groups in total. The second-order valence-electron chi connectivity index (χ2n) is 4.94. The van der Waals surface area contributed by atoms with Gasteiger partial charge >= 0.3 is 5.97 Å². The van der Waals surface area contributed by atoms with Crippen LogP contribution >= 0.6 is 0 Å². The van der Waals surface area contributed by atoms with Gasteiger partial charge in [-0.3, -0.25) is 9.59 Å². The van der Waals surface area contributed by atoms with E-state index in [0.717, 1.165) is 0 Å². The third-order valence-corrected chi connectivity index (χ3v) is 3.24. The predicted octanol–water partition coefficient (Wildman–Crippen LogP) is 0.149. The maximum atomic E-state index is 11.9. The Morgan fingerprint density at radius 2 is 1.94 bits per heavy atom. The van der Waals surface area contributed by atoms with Gasteiger partial charge in [0.25, 0.3) is 0 Å². The minimum Gasteiger partial charge on any atom is -0.481 e. The first kappa shape index (κ1) is 13.0. The zero-order chi connectivity index (χ0) is 12.5. The summed E-state index contributed by atoms with van der Waals surface area (Å²) in [5.41, 5.74) is 5.77. The molecule has 0 spiro atoms. The summed E-state index contributed by atoms with van der Waals surface area (Å²) in [6, 6.07) is -0.528. The summed E-state index contributed by atoms with van der Waals surface area (Å²) >= 11 is 0. The van der Waals surface area contributed by atoms with E-state index in [1.807, 2.05) is 20.8 Å². The molecular weight excluding hydrogens is 208 g/mol. The van der Waals surface area contributed by atoms with Gasteiger partial charge in [0, 0.05) is 13.1 Å². The van der Waals surface area contributed by atoms with Gasteiger partial charge < -0.3 is 15.7 Å². The lowest BCUT2D eigenvalue weighted by molar-refractivity contribution is -0.142. The molecule has 1 rings (SSSR count). The van der Waals surface area contributed by atoms with Crippen molar-refractivity contribution in [3.8, 4) is 0 Å². The van der Waals surface area contributed by atoms with Crippen molar-refractivity contribution >= 4 is 11.9 Å². The molecule has 0 aromatic rings. The van der Waals surface area contributed by atoms with Gasteiger partial charge in [-0.1, -0.05) is 20.8 Å². The Kier molecular flexibility index (Phi) is 3.91. The number of hydrogen-bond acceptors (Lipinski definition) is 3. The maximum Gasteiger partial charge on any atom is 0.308 e. The first-order valence-corrected chi connectivity index (χ1v) is 5.61. The van der Waals surface area contributed by atoms with Gasteiger partial charge in [0.2, 0.25) is 5.91 Å². The monoisotopic (exact) mass is 228 g/mol. The largest absolute Gasteiger partial charge is 0.481 e. The number of amides is 1. The fraction of sp³-hybridized carbons (Fsp3) is 0.818. The average molecular weight is 228 g/mol. The molecule has 0 radical (unpaired) electrons. The normalized spacial score (nSPS) is 27.2. The molecule has 1 amide bonds. The van der Waals surface area contributed by atoms with Gasteiger partial charge in [-0.2, -0.15) is 0 Å². The van der Waals surface area contributed by atoms with Crippen molar-refractivity contribution in [3.05, 3.63) is 0 Å². The van der Waals surface area contributed by atoms with Crippen LogP contribution in [0.4, 0.5) is 0 Å². The Hall–Kier alpha value is -1.10. The van der Waals surface area contributed by atoms with E-state index < -0.39 is 17.9 Å². The third-order valence-electron chi connectivity index (χ3n) is 3.24. The molecule has 0 saturated carbocycles. The molecule has 3 unspecified atom stereocenters. The standard InChI is InChI=1S/C11H20N2O3/c1-6(2)9(12)10(14)13-4-7(3)8(5-13)11(15)16/h6-9H,4-5,12H2,1-3H3,(H,15,16). The van der Waals surface area contributed by atoms with Crippen LogP contribution in [0, 0.1) is 17.8 Å². The molecule has 1 heterocycles. The molecule has 5 nitrogen and oxygen atoms in total. The molecule has 5 heteroatoms. The van der Waals surface area contributed by atoms with Crippen molar-refractivity contribution in [1.82, 2.24) is 4.90 Å². The van der Waals surface area contributed by atoms with Crippen LogP contribution in [0.2, 0.25) is 0 Å². The molecule has 1 aliphatic heterocycles. The molecule has 1 saturated heterocycles. The highest BCUT2D eigenvalue weighted by molar-refractivity contribution is 5.83. The summed E-state index contributed by atoms with van der Waals surface area (Å²) in [7, 11) is 0. The molecule has 1 fully saturated rings. The maximum absolute atomic E-state index is 11.9. The molecule has 0 aromatic carbocycles. The van der Waals surface area contributed by atoms with Gasteiger partial charge in [0.05, 0.1) is 12.0 Å². The summed E-state index contributed by atoms with van der Waals surface area (Å²) in [6.07, 6.45) is 0. The number of likely N-dealkylation sites (tertiary alicyclic amines) is 1. The van der Waals surface area contributed by atoms with E-state index in [0.29, 0.717) is 6.54 Å². The predicted molar refractivity (Wildman–Crippen MR) is 59.7 cm³/mol. The summed E-state index contributed by atoms with van der Waals surface area (Å²) in [4.78, 5) is 24.4. The van der Waals surface area contributed by atoms with Crippen LogP contribution in [0.5, 0.6) is 0 Å². The van der Waals surface area contributed by atoms with Crippen LogP contribution in [-0.4, -0.2) is 41.0 Å². The average Bonchev–Trinajstić information content (AvgIpc) is 2.58. The SMILES string of the molecule is CC(C)C(N)C(=O)N1CC(C)C(C(=O)O)C1. The highest BCUT2D eigenvalue weighted by Crippen LogP contribution is 2.24. The number of nitrogens with zero attached hydrogens (tertiary/aromatic N) is 1. The zero-order valence-electron chi connectivity index (χ0n) is 10.0. The van der Waals surface area contributed by atoms with E-state index in [-0.39, 0.29) is 24.3 Å². The number of hydrogen-bond donors (Lipinski definition) is 2. The molecule has 0 bridgehead atoms. The minimum absolute atomic E-state index is 0.000752. The van der Waals surface area contributed by atoms with Crippen molar-refractivity contribution in [2.24, 2.45) is 23.5 Å². The van der Waals surface area contributed by atoms with Crippen molar-refractivity contribution in [1.29, 1.82) is 0 Å². The smallest absolute Gasteiger partial charge is 0.308 e. The second-order valence-corrected chi connectivity index (χ2v) is 4.94. The van der Waals surface area contributed by atoms with Crippen LogP contribution in [0.15, 0.2) is 0 Å². The first-order chi connectivity index (χ1) is 7.34. The van der Waals surface area contributed by atoms with Crippen LogP contribution < -0.4 is 5.73 Å². The molecule has 0 aliphatic carbocycles. The Balaban J connectivity index is 2.65. The molecule has 3 atom stereocenters. The second kappa shape index (κ2) is 4.82. The minimum atomic E-state index is -0.832. The quantitative estimate of drug-likeness (QED) is 0.720. The lowest BCUT2D eigenvalue weighted by Crippen LogP contribution is -2.45. The van der Waals surface area contributed by atoms with Crippen LogP contribution in [0.3, 0.4) is 0 Å². The number of carbonyl (C=O) groups excluding carboxylic acids is 1.